The number of hydrogen-bond donors (Lipinski definition) is 2. The summed E-state index contributed by atoms with van der Waals surface area (Å²) in [7, 11) is 0. The van der Waals surface area contributed by atoms with E-state index in [9.17, 15) is 4.79 Å². The molecular formula is C17H33N3O. The molecule has 0 aromatic rings. The zero-order valence-electron chi connectivity index (χ0n) is 13.9. The molecule has 1 saturated carbocycles. The Morgan fingerprint density at radius 3 is 2.62 bits per heavy atom. The van der Waals surface area contributed by atoms with Crippen LogP contribution in [-0.2, 0) is 4.79 Å². The van der Waals surface area contributed by atoms with Crippen molar-refractivity contribution in [3.05, 3.63) is 0 Å². The highest BCUT2D eigenvalue weighted by Gasteiger charge is 2.29. The molecule has 4 nitrogen and oxygen atoms in total. The fourth-order valence-electron chi connectivity index (χ4n) is 3.79. The Labute approximate surface area is 130 Å². The zero-order chi connectivity index (χ0) is 15.1. The molecule has 0 aromatic heterocycles. The Kier molecular flexibility index (Phi) is 6.97. The first-order valence-electron chi connectivity index (χ1n) is 8.99. The van der Waals surface area contributed by atoms with Crippen molar-refractivity contribution in [2.45, 2.75) is 83.3 Å². The van der Waals surface area contributed by atoms with Gasteiger partial charge in [-0.15, -0.1) is 0 Å². The molecule has 0 aromatic carbocycles. The van der Waals surface area contributed by atoms with Crippen molar-refractivity contribution in [2.24, 2.45) is 0 Å². The molecule has 122 valence electrons. The Morgan fingerprint density at radius 2 is 2.00 bits per heavy atom. The van der Waals surface area contributed by atoms with Gasteiger partial charge < -0.3 is 10.6 Å². The molecule has 2 rings (SSSR count). The summed E-state index contributed by atoms with van der Waals surface area (Å²) in [6.07, 6.45) is 9.74. The van der Waals surface area contributed by atoms with E-state index in [-0.39, 0.29) is 11.9 Å². The average Bonchev–Trinajstić information content (AvgIpc) is 2.53. The molecule has 2 fully saturated rings. The number of carbonyl (C=O) groups excluding carboxylic acids is 1. The van der Waals surface area contributed by atoms with Gasteiger partial charge in [0.05, 0.1) is 6.04 Å². The molecule has 4 heteroatoms. The Bertz CT molecular complexity index is 309. The minimum atomic E-state index is -0.00298. The van der Waals surface area contributed by atoms with Gasteiger partial charge in [0.25, 0.3) is 0 Å². The second kappa shape index (κ2) is 8.74. The molecule has 2 atom stereocenters. The first kappa shape index (κ1) is 16.8. The summed E-state index contributed by atoms with van der Waals surface area (Å²) in [4.78, 5) is 15.0. The summed E-state index contributed by atoms with van der Waals surface area (Å²) >= 11 is 0. The molecular weight excluding hydrogens is 262 g/mol. The van der Waals surface area contributed by atoms with E-state index < -0.39 is 0 Å². The maximum Gasteiger partial charge on any atom is 0.237 e. The Morgan fingerprint density at radius 1 is 1.24 bits per heavy atom. The van der Waals surface area contributed by atoms with E-state index in [1.807, 2.05) is 0 Å². The molecule has 1 saturated heterocycles. The lowest BCUT2D eigenvalue weighted by atomic mass is 9.95. The Hall–Kier alpha value is -0.610. The SMILES string of the molecule is CCCN(C1CCCNC1)C(C)C(=O)NC1CCCCC1. The predicted molar refractivity (Wildman–Crippen MR) is 87.4 cm³/mol. The fourth-order valence-corrected chi connectivity index (χ4v) is 3.79. The van der Waals surface area contributed by atoms with Crippen molar-refractivity contribution >= 4 is 5.91 Å². The topological polar surface area (TPSA) is 44.4 Å². The first-order chi connectivity index (χ1) is 10.2. The predicted octanol–water partition coefficient (Wildman–Crippen LogP) is 2.29. The van der Waals surface area contributed by atoms with E-state index in [1.165, 1.54) is 32.1 Å². The first-order valence-corrected chi connectivity index (χ1v) is 8.99. The number of nitrogens with one attached hydrogen (secondary N) is 2. The number of amides is 1. The van der Waals surface area contributed by atoms with Gasteiger partial charge in [-0.2, -0.15) is 0 Å². The molecule has 2 N–H and O–H groups in total. The van der Waals surface area contributed by atoms with Crippen molar-refractivity contribution in [2.75, 3.05) is 19.6 Å². The number of carbonyl (C=O) groups is 1. The van der Waals surface area contributed by atoms with Crippen LogP contribution >= 0.6 is 0 Å². The Balaban J connectivity index is 1.89. The minimum absolute atomic E-state index is 0.00298. The molecule has 1 amide bonds. The van der Waals surface area contributed by atoms with Gasteiger partial charge in [-0.25, -0.2) is 0 Å². The third-order valence-corrected chi connectivity index (χ3v) is 5.05. The van der Waals surface area contributed by atoms with Crippen molar-refractivity contribution in [3.8, 4) is 0 Å². The van der Waals surface area contributed by atoms with Crippen LogP contribution in [0.25, 0.3) is 0 Å². The molecule has 0 spiro atoms. The van der Waals surface area contributed by atoms with Gasteiger partial charge in [0.2, 0.25) is 5.91 Å². The van der Waals surface area contributed by atoms with Crippen LogP contribution in [0.1, 0.15) is 65.2 Å². The van der Waals surface area contributed by atoms with Gasteiger partial charge in [0, 0.05) is 18.6 Å². The normalized spacial score (nSPS) is 25.8. The molecule has 21 heavy (non-hydrogen) atoms. The average molecular weight is 295 g/mol. The summed E-state index contributed by atoms with van der Waals surface area (Å²) in [6, 6.07) is 0.934. The lowest BCUT2D eigenvalue weighted by Gasteiger charge is -2.38. The summed E-state index contributed by atoms with van der Waals surface area (Å²) in [5.41, 5.74) is 0. The van der Waals surface area contributed by atoms with E-state index in [0.29, 0.717) is 12.1 Å². The zero-order valence-corrected chi connectivity index (χ0v) is 13.9. The van der Waals surface area contributed by atoms with E-state index >= 15 is 0 Å². The molecule has 1 aliphatic heterocycles. The van der Waals surface area contributed by atoms with Gasteiger partial charge in [-0.05, 0) is 52.1 Å². The summed E-state index contributed by atoms with van der Waals surface area (Å²) in [5, 5.41) is 6.77. The molecule has 1 aliphatic carbocycles. The van der Waals surface area contributed by atoms with E-state index in [4.69, 9.17) is 0 Å². The van der Waals surface area contributed by atoms with Gasteiger partial charge in [0.1, 0.15) is 0 Å². The largest absolute Gasteiger partial charge is 0.352 e. The lowest BCUT2D eigenvalue weighted by Crippen LogP contribution is -2.55. The van der Waals surface area contributed by atoms with Gasteiger partial charge in [0.15, 0.2) is 0 Å². The van der Waals surface area contributed by atoms with Crippen molar-refractivity contribution in [1.29, 1.82) is 0 Å². The van der Waals surface area contributed by atoms with Crippen molar-refractivity contribution < 1.29 is 4.79 Å². The van der Waals surface area contributed by atoms with Crippen LogP contribution in [0, 0.1) is 0 Å². The summed E-state index contributed by atoms with van der Waals surface area (Å²) < 4.78 is 0. The van der Waals surface area contributed by atoms with E-state index in [0.717, 1.165) is 38.9 Å². The number of piperidine rings is 1. The quantitative estimate of drug-likeness (QED) is 0.790. The fraction of sp³-hybridized carbons (Fsp3) is 0.941. The number of nitrogens with zero attached hydrogens (tertiary/aromatic N) is 1. The van der Waals surface area contributed by atoms with E-state index in [1.54, 1.807) is 0 Å². The maximum atomic E-state index is 12.6. The lowest BCUT2D eigenvalue weighted by molar-refractivity contribution is -0.128. The van der Waals surface area contributed by atoms with Crippen LogP contribution in [0.2, 0.25) is 0 Å². The summed E-state index contributed by atoms with van der Waals surface area (Å²) in [5.74, 6) is 0.237. The highest BCUT2D eigenvalue weighted by molar-refractivity contribution is 5.81. The minimum Gasteiger partial charge on any atom is -0.352 e. The highest BCUT2D eigenvalue weighted by Crippen LogP contribution is 2.19. The third kappa shape index (κ3) is 4.96. The molecule has 0 bridgehead atoms. The number of hydrogen-bond acceptors (Lipinski definition) is 3. The van der Waals surface area contributed by atoms with Crippen LogP contribution in [0.3, 0.4) is 0 Å². The van der Waals surface area contributed by atoms with Gasteiger partial charge >= 0.3 is 0 Å². The van der Waals surface area contributed by atoms with Crippen LogP contribution in [-0.4, -0.2) is 48.6 Å². The molecule has 1 heterocycles. The smallest absolute Gasteiger partial charge is 0.237 e. The van der Waals surface area contributed by atoms with Crippen LogP contribution < -0.4 is 10.6 Å². The highest BCUT2D eigenvalue weighted by atomic mass is 16.2. The summed E-state index contributed by atoms with van der Waals surface area (Å²) in [6.45, 7) is 7.46. The monoisotopic (exact) mass is 295 g/mol. The van der Waals surface area contributed by atoms with Gasteiger partial charge in [-0.3, -0.25) is 9.69 Å². The van der Waals surface area contributed by atoms with Crippen molar-refractivity contribution in [1.82, 2.24) is 15.5 Å². The van der Waals surface area contributed by atoms with Crippen LogP contribution in [0.15, 0.2) is 0 Å². The second-order valence-corrected chi connectivity index (χ2v) is 6.76. The van der Waals surface area contributed by atoms with Gasteiger partial charge in [-0.1, -0.05) is 26.2 Å². The third-order valence-electron chi connectivity index (χ3n) is 5.05. The standard InChI is InChI=1S/C17H33N3O/c1-3-12-20(16-10-7-11-18-13-16)14(2)17(21)19-15-8-5-4-6-9-15/h14-16,18H,3-13H2,1-2H3,(H,19,21). The van der Waals surface area contributed by atoms with E-state index in [2.05, 4.69) is 29.4 Å². The van der Waals surface area contributed by atoms with Crippen LogP contribution in [0.4, 0.5) is 0 Å². The number of rotatable bonds is 6. The molecule has 2 aliphatic rings. The maximum absolute atomic E-state index is 12.6. The van der Waals surface area contributed by atoms with Crippen molar-refractivity contribution in [3.63, 3.8) is 0 Å². The molecule has 2 unspecified atom stereocenters. The molecule has 0 radical (unpaired) electrons. The van der Waals surface area contributed by atoms with Crippen LogP contribution in [0.5, 0.6) is 0 Å². The second-order valence-electron chi connectivity index (χ2n) is 6.76.